The second-order valence-corrected chi connectivity index (χ2v) is 14.6. The summed E-state index contributed by atoms with van der Waals surface area (Å²) < 4.78 is 26.0. The number of hydrogen-bond donors (Lipinski definition) is 1. The van der Waals surface area contributed by atoms with Crippen LogP contribution in [0.5, 0.6) is 0 Å². The Labute approximate surface area is 227 Å². The predicted molar refractivity (Wildman–Crippen MR) is 150 cm³/mol. The minimum Gasteiger partial charge on any atom is -0.375 e. The zero-order valence-corrected chi connectivity index (χ0v) is 25.2. The third kappa shape index (κ3) is 9.42. The molecule has 2 atom stereocenters. The van der Waals surface area contributed by atoms with Crippen molar-refractivity contribution in [3.05, 3.63) is 0 Å². The molecule has 0 bridgehead atoms. The van der Waals surface area contributed by atoms with Crippen molar-refractivity contribution < 1.29 is 18.9 Å². The Morgan fingerprint density at radius 1 is 0.568 bits per heavy atom. The van der Waals surface area contributed by atoms with Crippen molar-refractivity contribution in [2.45, 2.75) is 172 Å². The quantitative estimate of drug-likeness (QED) is 0.367. The monoisotopic (exact) mass is 522 g/mol. The standard InChI is InChI=1S/C31H58N2O4/c1-29(2,3)33-18-12-24(13-19-33)34-25-8-9-26(20-25)36-30(4,5)14-15-31(6,7)37-28-21-27(22-28)35-23-10-16-32-17-11-23/h23-28,32H,8-22H2,1-7H3. The molecule has 2 saturated heterocycles. The first kappa shape index (κ1) is 29.7. The second kappa shape index (κ2) is 12.5. The van der Waals surface area contributed by atoms with E-state index in [0.29, 0.717) is 36.6 Å². The molecule has 0 amide bonds. The van der Waals surface area contributed by atoms with Crippen LogP contribution in [0.1, 0.15) is 119 Å². The van der Waals surface area contributed by atoms with Gasteiger partial charge in [-0.1, -0.05) is 0 Å². The third-order valence-electron chi connectivity index (χ3n) is 9.14. The van der Waals surface area contributed by atoms with Crippen LogP contribution < -0.4 is 5.32 Å². The summed E-state index contributed by atoms with van der Waals surface area (Å²) in [6.45, 7) is 20.4. The number of piperidine rings is 2. The van der Waals surface area contributed by atoms with Gasteiger partial charge in [-0.25, -0.2) is 0 Å². The molecule has 6 heteroatoms. The molecule has 0 aromatic heterocycles. The average Bonchev–Trinajstić information content (AvgIpc) is 3.23. The smallest absolute Gasteiger partial charge is 0.0631 e. The zero-order valence-electron chi connectivity index (χ0n) is 25.2. The van der Waals surface area contributed by atoms with Crippen LogP contribution in [0.3, 0.4) is 0 Å². The molecule has 0 spiro atoms. The minimum absolute atomic E-state index is 0.131. The van der Waals surface area contributed by atoms with Crippen LogP contribution in [0, 0.1) is 0 Å². The van der Waals surface area contributed by atoms with Crippen molar-refractivity contribution in [2.75, 3.05) is 26.2 Å². The highest BCUT2D eigenvalue weighted by Gasteiger charge is 2.38. The highest BCUT2D eigenvalue weighted by atomic mass is 16.5. The molecule has 2 saturated carbocycles. The fraction of sp³-hybridized carbons (Fsp3) is 1.00. The fourth-order valence-corrected chi connectivity index (χ4v) is 6.62. The lowest BCUT2D eigenvalue weighted by Gasteiger charge is -2.43. The Hall–Kier alpha value is -0.240. The van der Waals surface area contributed by atoms with E-state index in [1.165, 1.54) is 0 Å². The number of ether oxygens (including phenoxy) is 4. The van der Waals surface area contributed by atoms with Gasteiger partial charge in [0.05, 0.1) is 47.8 Å². The van der Waals surface area contributed by atoms with Gasteiger partial charge in [0.1, 0.15) is 0 Å². The average molecular weight is 523 g/mol. The maximum Gasteiger partial charge on any atom is 0.0631 e. The van der Waals surface area contributed by atoms with Gasteiger partial charge in [-0.3, -0.25) is 4.90 Å². The largest absolute Gasteiger partial charge is 0.375 e. The summed E-state index contributed by atoms with van der Waals surface area (Å²) >= 11 is 0. The van der Waals surface area contributed by atoms with Gasteiger partial charge in [0.25, 0.3) is 0 Å². The first-order valence-electron chi connectivity index (χ1n) is 15.5. The third-order valence-corrected chi connectivity index (χ3v) is 9.14. The number of hydrogen-bond acceptors (Lipinski definition) is 6. The lowest BCUT2D eigenvalue weighted by molar-refractivity contribution is -0.176. The van der Waals surface area contributed by atoms with Crippen molar-refractivity contribution in [3.63, 3.8) is 0 Å². The van der Waals surface area contributed by atoms with Gasteiger partial charge in [-0.15, -0.1) is 0 Å². The van der Waals surface area contributed by atoms with Crippen molar-refractivity contribution in [1.29, 1.82) is 0 Å². The van der Waals surface area contributed by atoms with E-state index in [9.17, 15) is 0 Å². The summed E-state index contributed by atoms with van der Waals surface area (Å²) in [7, 11) is 0. The maximum atomic E-state index is 6.65. The molecule has 4 fully saturated rings. The molecule has 216 valence electrons. The molecule has 0 aromatic rings. The first-order chi connectivity index (χ1) is 17.4. The predicted octanol–water partition coefficient (Wildman–Crippen LogP) is 5.86. The highest BCUT2D eigenvalue weighted by Crippen LogP contribution is 2.36. The molecule has 2 aliphatic heterocycles. The van der Waals surface area contributed by atoms with E-state index in [1.54, 1.807) is 0 Å². The normalized spacial score (nSPS) is 31.5. The summed E-state index contributed by atoms with van der Waals surface area (Å²) in [6, 6.07) is 0. The first-order valence-corrected chi connectivity index (χ1v) is 15.5. The molecule has 6 nitrogen and oxygen atoms in total. The van der Waals surface area contributed by atoms with E-state index < -0.39 is 0 Å². The summed E-state index contributed by atoms with van der Waals surface area (Å²) in [5.74, 6) is 0. The van der Waals surface area contributed by atoms with E-state index in [-0.39, 0.29) is 16.7 Å². The minimum atomic E-state index is -0.140. The van der Waals surface area contributed by atoms with Crippen LogP contribution in [0.15, 0.2) is 0 Å². The molecule has 2 unspecified atom stereocenters. The summed E-state index contributed by atoms with van der Waals surface area (Å²) in [4.78, 5) is 2.59. The van der Waals surface area contributed by atoms with E-state index >= 15 is 0 Å². The zero-order chi connectivity index (χ0) is 26.7. The molecule has 0 radical (unpaired) electrons. The second-order valence-electron chi connectivity index (χ2n) is 14.6. The van der Waals surface area contributed by atoms with Gasteiger partial charge >= 0.3 is 0 Å². The van der Waals surface area contributed by atoms with Crippen LogP contribution in [0.2, 0.25) is 0 Å². The van der Waals surface area contributed by atoms with Gasteiger partial charge in [0.15, 0.2) is 0 Å². The van der Waals surface area contributed by atoms with Crippen molar-refractivity contribution in [2.24, 2.45) is 0 Å². The van der Waals surface area contributed by atoms with E-state index in [4.69, 9.17) is 18.9 Å². The van der Waals surface area contributed by atoms with Gasteiger partial charge in [0, 0.05) is 18.6 Å². The van der Waals surface area contributed by atoms with Crippen LogP contribution in [-0.2, 0) is 18.9 Å². The highest BCUT2D eigenvalue weighted by molar-refractivity contribution is 4.88. The topological polar surface area (TPSA) is 52.2 Å². The summed E-state index contributed by atoms with van der Waals surface area (Å²) in [5, 5.41) is 3.41. The van der Waals surface area contributed by atoms with Crippen molar-refractivity contribution in [1.82, 2.24) is 10.2 Å². The molecule has 4 rings (SSSR count). The molecule has 2 heterocycles. The molecule has 4 aliphatic rings. The Bertz CT molecular complexity index is 686. The molecule has 37 heavy (non-hydrogen) atoms. The Kier molecular flexibility index (Phi) is 10.1. The van der Waals surface area contributed by atoms with E-state index in [2.05, 4.69) is 58.7 Å². The van der Waals surface area contributed by atoms with Crippen molar-refractivity contribution >= 4 is 0 Å². The molecular formula is C31H58N2O4. The number of nitrogens with one attached hydrogen (secondary N) is 1. The lowest BCUT2D eigenvalue weighted by Crippen LogP contribution is -2.48. The molecule has 0 aromatic carbocycles. The molecule has 2 aliphatic carbocycles. The van der Waals surface area contributed by atoms with Crippen LogP contribution >= 0.6 is 0 Å². The Balaban J connectivity index is 1.10. The van der Waals surface area contributed by atoms with Crippen LogP contribution in [0.4, 0.5) is 0 Å². The Morgan fingerprint density at radius 3 is 1.65 bits per heavy atom. The summed E-state index contributed by atoms with van der Waals surface area (Å²) in [5.41, 5.74) is -0.00340. The van der Waals surface area contributed by atoms with Crippen LogP contribution in [0.25, 0.3) is 0 Å². The van der Waals surface area contributed by atoms with Gasteiger partial charge in [0.2, 0.25) is 0 Å². The van der Waals surface area contributed by atoms with E-state index in [1.807, 2.05) is 0 Å². The maximum absolute atomic E-state index is 6.65. The lowest BCUT2D eigenvalue weighted by atomic mass is 9.88. The number of rotatable bonds is 11. The number of nitrogens with zero attached hydrogens (tertiary/aromatic N) is 1. The van der Waals surface area contributed by atoms with Gasteiger partial charge in [-0.2, -0.15) is 0 Å². The van der Waals surface area contributed by atoms with Gasteiger partial charge < -0.3 is 24.3 Å². The fourth-order valence-electron chi connectivity index (χ4n) is 6.62. The number of likely N-dealkylation sites (tertiary alicyclic amines) is 1. The molecular weight excluding hydrogens is 464 g/mol. The Morgan fingerprint density at radius 2 is 1.05 bits per heavy atom. The molecule has 1 N–H and O–H groups in total. The van der Waals surface area contributed by atoms with E-state index in [0.717, 1.165) is 96.8 Å². The SMILES string of the molecule is CC(C)(CCC(C)(C)OC1CC(OC2CCNCC2)C1)OC1CCC(OC2CCN(C(C)(C)C)CC2)C1. The van der Waals surface area contributed by atoms with Crippen LogP contribution in [-0.4, -0.2) is 84.4 Å². The van der Waals surface area contributed by atoms with Crippen molar-refractivity contribution in [3.8, 4) is 0 Å². The summed E-state index contributed by atoms with van der Waals surface area (Å²) in [6.07, 6.45) is 14.3. The van der Waals surface area contributed by atoms with Gasteiger partial charge in [-0.05, 0) is 132 Å².